The Labute approximate surface area is 159 Å². The van der Waals surface area contributed by atoms with E-state index in [1.54, 1.807) is 0 Å². The molecule has 1 fully saturated rings. The first kappa shape index (κ1) is 20.7. The van der Waals surface area contributed by atoms with Gasteiger partial charge in [0.15, 0.2) is 5.96 Å². The van der Waals surface area contributed by atoms with Crippen molar-refractivity contribution in [1.29, 1.82) is 0 Å². The molecule has 1 saturated heterocycles. The van der Waals surface area contributed by atoms with Crippen molar-refractivity contribution in [1.82, 2.24) is 24.9 Å². The lowest BCUT2D eigenvalue weighted by Gasteiger charge is -2.30. The van der Waals surface area contributed by atoms with E-state index in [9.17, 15) is 0 Å². The van der Waals surface area contributed by atoms with Gasteiger partial charge in [0.1, 0.15) is 0 Å². The summed E-state index contributed by atoms with van der Waals surface area (Å²) in [7, 11) is 3.88. The van der Waals surface area contributed by atoms with Gasteiger partial charge in [-0.25, -0.2) is 0 Å². The molecule has 0 aliphatic carbocycles. The SMILES string of the molecule is CN=C(NCCCN(C(C)C)C(C)C)N1CCC(Cc2cnn(C)c2)C1. The minimum absolute atomic E-state index is 0.598. The van der Waals surface area contributed by atoms with Crippen LogP contribution in [-0.4, -0.2) is 70.9 Å². The molecule has 0 spiro atoms. The second kappa shape index (κ2) is 9.95. The van der Waals surface area contributed by atoms with Crippen molar-refractivity contribution in [2.75, 3.05) is 33.2 Å². The molecule has 0 saturated carbocycles. The van der Waals surface area contributed by atoms with E-state index in [-0.39, 0.29) is 0 Å². The zero-order valence-electron chi connectivity index (χ0n) is 17.6. The summed E-state index contributed by atoms with van der Waals surface area (Å²) < 4.78 is 1.89. The van der Waals surface area contributed by atoms with Crippen LogP contribution in [0.25, 0.3) is 0 Å². The summed E-state index contributed by atoms with van der Waals surface area (Å²) in [6.45, 7) is 13.4. The Hall–Kier alpha value is -1.56. The van der Waals surface area contributed by atoms with Gasteiger partial charge in [0, 0.05) is 58.6 Å². The van der Waals surface area contributed by atoms with Crippen LogP contribution in [0.4, 0.5) is 0 Å². The molecule has 1 aromatic heterocycles. The third-order valence-corrected chi connectivity index (χ3v) is 5.28. The van der Waals surface area contributed by atoms with E-state index in [1.807, 2.05) is 25.0 Å². The van der Waals surface area contributed by atoms with Crippen molar-refractivity contribution in [2.45, 2.75) is 59.0 Å². The van der Waals surface area contributed by atoms with E-state index in [1.165, 1.54) is 12.0 Å². The van der Waals surface area contributed by atoms with Crippen LogP contribution in [0.3, 0.4) is 0 Å². The normalized spacial score (nSPS) is 18.6. The highest BCUT2D eigenvalue weighted by atomic mass is 15.3. The predicted molar refractivity (Wildman–Crippen MR) is 110 cm³/mol. The minimum atomic E-state index is 0.598. The Morgan fingerprint density at radius 2 is 2.08 bits per heavy atom. The van der Waals surface area contributed by atoms with E-state index < -0.39 is 0 Å². The molecule has 1 aromatic rings. The first-order valence-corrected chi connectivity index (χ1v) is 10.1. The fourth-order valence-electron chi connectivity index (χ4n) is 4.01. The second-order valence-corrected chi connectivity index (χ2v) is 8.08. The molecule has 1 atom stereocenters. The van der Waals surface area contributed by atoms with Crippen molar-refractivity contribution < 1.29 is 0 Å². The molecule has 26 heavy (non-hydrogen) atoms. The summed E-state index contributed by atoms with van der Waals surface area (Å²) in [5, 5.41) is 7.85. The summed E-state index contributed by atoms with van der Waals surface area (Å²) >= 11 is 0. The lowest BCUT2D eigenvalue weighted by molar-refractivity contribution is 0.173. The van der Waals surface area contributed by atoms with Crippen LogP contribution in [0.1, 0.15) is 46.1 Å². The van der Waals surface area contributed by atoms with Crippen LogP contribution in [0.2, 0.25) is 0 Å². The Kier molecular flexibility index (Phi) is 7.94. The fourth-order valence-corrected chi connectivity index (χ4v) is 4.01. The number of likely N-dealkylation sites (tertiary alicyclic amines) is 1. The lowest BCUT2D eigenvalue weighted by Crippen LogP contribution is -2.42. The second-order valence-electron chi connectivity index (χ2n) is 8.08. The van der Waals surface area contributed by atoms with Crippen LogP contribution in [0.15, 0.2) is 17.4 Å². The number of hydrogen-bond donors (Lipinski definition) is 1. The minimum Gasteiger partial charge on any atom is -0.356 e. The zero-order chi connectivity index (χ0) is 19.1. The topological polar surface area (TPSA) is 48.7 Å². The summed E-state index contributed by atoms with van der Waals surface area (Å²) in [4.78, 5) is 9.46. The highest BCUT2D eigenvalue weighted by Gasteiger charge is 2.25. The molecule has 1 aliphatic rings. The van der Waals surface area contributed by atoms with E-state index in [4.69, 9.17) is 0 Å². The molecule has 1 aliphatic heterocycles. The van der Waals surface area contributed by atoms with Crippen LogP contribution >= 0.6 is 0 Å². The zero-order valence-corrected chi connectivity index (χ0v) is 17.6. The standard InChI is InChI=1S/C20H38N6/c1-16(2)26(17(3)4)10-7-9-22-20(21-5)25-11-8-18(15-25)12-19-13-23-24(6)14-19/h13-14,16-18H,7-12,15H2,1-6H3,(H,21,22). The van der Waals surface area contributed by atoms with Crippen LogP contribution in [0.5, 0.6) is 0 Å². The Morgan fingerprint density at radius 1 is 1.35 bits per heavy atom. The number of aryl methyl sites for hydroxylation is 1. The van der Waals surface area contributed by atoms with Crippen molar-refractivity contribution >= 4 is 5.96 Å². The average Bonchev–Trinajstić information content (AvgIpc) is 3.19. The van der Waals surface area contributed by atoms with Crippen LogP contribution < -0.4 is 5.32 Å². The predicted octanol–water partition coefficient (Wildman–Crippen LogP) is 2.37. The number of hydrogen-bond acceptors (Lipinski definition) is 3. The monoisotopic (exact) mass is 362 g/mol. The highest BCUT2D eigenvalue weighted by molar-refractivity contribution is 5.80. The van der Waals surface area contributed by atoms with E-state index in [2.05, 4.69) is 59.1 Å². The van der Waals surface area contributed by atoms with Gasteiger partial charge in [0.2, 0.25) is 0 Å². The van der Waals surface area contributed by atoms with E-state index in [0.29, 0.717) is 18.0 Å². The van der Waals surface area contributed by atoms with Crippen molar-refractivity contribution in [3.63, 3.8) is 0 Å². The molecule has 0 aromatic carbocycles. The molecule has 6 heteroatoms. The van der Waals surface area contributed by atoms with Gasteiger partial charge < -0.3 is 10.2 Å². The first-order valence-electron chi connectivity index (χ1n) is 10.1. The maximum atomic E-state index is 4.50. The molecule has 2 heterocycles. The van der Waals surface area contributed by atoms with Crippen LogP contribution in [-0.2, 0) is 13.5 Å². The molecule has 6 nitrogen and oxygen atoms in total. The molecule has 1 unspecified atom stereocenters. The number of aliphatic imine (C=N–C) groups is 1. The first-order chi connectivity index (χ1) is 12.4. The fraction of sp³-hybridized carbons (Fsp3) is 0.800. The third-order valence-electron chi connectivity index (χ3n) is 5.28. The highest BCUT2D eigenvalue weighted by Crippen LogP contribution is 2.20. The van der Waals surface area contributed by atoms with Crippen LogP contribution in [0, 0.1) is 5.92 Å². The van der Waals surface area contributed by atoms with Gasteiger partial charge in [-0.1, -0.05) is 0 Å². The van der Waals surface area contributed by atoms with E-state index in [0.717, 1.165) is 45.0 Å². The Morgan fingerprint density at radius 3 is 2.65 bits per heavy atom. The number of aromatic nitrogens is 2. The van der Waals surface area contributed by atoms with Gasteiger partial charge in [0.05, 0.1) is 6.20 Å². The quantitative estimate of drug-likeness (QED) is 0.438. The molecule has 1 N–H and O–H groups in total. The molecule has 148 valence electrons. The molecular formula is C20H38N6. The summed E-state index contributed by atoms with van der Waals surface area (Å²) in [6, 6.07) is 1.20. The van der Waals surface area contributed by atoms with Gasteiger partial charge in [-0.2, -0.15) is 5.10 Å². The van der Waals surface area contributed by atoms with Crippen molar-refractivity contribution in [3.8, 4) is 0 Å². The van der Waals surface area contributed by atoms with Gasteiger partial charge in [0.25, 0.3) is 0 Å². The lowest BCUT2D eigenvalue weighted by atomic mass is 10.0. The van der Waals surface area contributed by atoms with Crippen molar-refractivity contribution in [2.24, 2.45) is 18.0 Å². The number of rotatable bonds is 8. The number of nitrogens with one attached hydrogen (secondary N) is 1. The van der Waals surface area contributed by atoms with Crippen molar-refractivity contribution in [3.05, 3.63) is 18.0 Å². The number of nitrogens with zero attached hydrogens (tertiary/aromatic N) is 5. The third kappa shape index (κ3) is 6.01. The van der Waals surface area contributed by atoms with Gasteiger partial charge in [-0.15, -0.1) is 0 Å². The van der Waals surface area contributed by atoms with Gasteiger partial charge in [-0.3, -0.25) is 14.6 Å². The summed E-state index contributed by atoms with van der Waals surface area (Å²) in [6.07, 6.45) is 7.60. The molecule has 0 radical (unpaired) electrons. The summed E-state index contributed by atoms with van der Waals surface area (Å²) in [5.74, 6) is 1.74. The maximum Gasteiger partial charge on any atom is 0.193 e. The van der Waals surface area contributed by atoms with Gasteiger partial charge in [-0.05, 0) is 58.4 Å². The Bertz CT molecular complexity index is 554. The molecule has 2 rings (SSSR count). The summed E-state index contributed by atoms with van der Waals surface area (Å²) in [5.41, 5.74) is 1.34. The maximum absolute atomic E-state index is 4.50. The largest absolute Gasteiger partial charge is 0.356 e. The molecule has 0 amide bonds. The molecular weight excluding hydrogens is 324 g/mol. The average molecular weight is 363 g/mol. The van der Waals surface area contributed by atoms with E-state index >= 15 is 0 Å². The molecule has 0 bridgehead atoms. The number of guanidine groups is 1. The van der Waals surface area contributed by atoms with Gasteiger partial charge >= 0.3 is 0 Å². The Balaban J connectivity index is 1.73. The smallest absolute Gasteiger partial charge is 0.193 e.